The van der Waals surface area contributed by atoms with Gasteiger partial charge >= 0.3 is 0 Å². The Morgan fingerprint density at radius 3 is 2.80 bits per heavy atom. The van der Waals surface area contributed by atoms with Crippen molar-refractivity contribution in [2.24, 2.45) is 0 Å². The maximum atomic E-state index is 12.1. The third-order valence-corrected chi connectivity index (χ3v) is 3.13. The summed E-state index contributed by atoms with van der Waals surface area (Å²) < 4.78 is 5.38. The van der Waals surface area contributed by atoms with E-state index in [1.807, 2.05) is 32.0 Å². The standard InChI is InChI=1S/C16H16N2O2/c1-16(2,14-7-4-8-20-14)11-18-15(19)13-6-3-5-12(9-13)10-17/h3-9H,11H2,1-2H3,(H,18,19). The first-order valence-corrected chi connectivity index (χ1v) is 6.35. The number of rotatable bonds is 4. The lowest BCUT2D eigenvalue weighted by Crippen LogP contribution is -2.36. The first-order chi connectivity index (χ1) is 9.53. The SMILES string of the molecule is CC(C)(CNC(=O)c1cccc(C#N)c1)c1ccco1. The number of carbonyl (C=O) groups excluding carboxylic acids is 1. The van der Waals surface area contributed by atoms with Gasteiger partial charge in [0.2, 0.25) is 0 Å². The smallest absolute Gasteiger partial charge is 0.251 e. The molecule has 0 spiro atoms. The van der Waals surface area contributed by atoms with Crippen LogP contribution in [0.4, 0.5) is 0 Å². The average molecular weight is 268 g/mol. The molecule has 0 radical (unpaired) electrons. The minimum Gasteiger partial charge on any atom is -0.469 e. The molecule has 0 saturated heterocycles. The van der Waals surface area contributed by atoms with E-state index in [0.29, 0.717) is 17.7 Å². The lowest BCUT2D eigenvalue weighted by molar-refractivity contribution is 0.0944. The fourth-order valence-corrected chi connectivity index (χ4v) is 1.88. The van der Waals surface area contributed by atoms with E-state index in [9.17, 15) is 4.79 Å². The summed E-state index contributed by atoms with van der Waals surface area (Å²) in [5.74, 6) is 0.630. The van der Waals surface area contributed by atoms with Gasteiger partial charge in [0.1, 0.15) is 5.76 Å². The van der Waals surface area contributed by atoms with Gasteiger partial charge in [0.05, 0.1) is 17.9 Å². The first kappa shape index (κ1) is 13.9. The van der Waals surface area contributed by atoms with Crippen molar-refractivity contribution >= 4 is 5.91 Å². The van der Waals surface area contributed by atoms with Crippen LogP contribution >= 0.6 is 0 Å². The van der Waals surface area contributed by atoms with Crippen molar-refractivity contribution in [2.45, 2.75) is 19.3 Å². The van der Waals surface area contributed by atoms with Crippen LogP contribution in [0.5, 0.6) is 0 Å². The van der Waals surface area contributed by atoms with Gasteiger partial charge in [-0.2, -0.15) is 5.26 Å². The Labute approximate surface area is 118 Å². The molecule has 0 aliphatic heterocycles. The summed E-state index contributed by atoms with van der Waals surface area (Å²) in [5.41, 5.74) is 0.675. The van der Waals surface area contributed by atoms with Crippen LogP contribution in [-0.2, 0) is 5.41 Å². The average Bonchev–Trinajstić information content (AvgIpc) is 3.00. The number of nitriles is 1. The molecule has 1 aromatic carbocycles. The molecule has 0 atom stereocenters. The Balaban J connectivity index is 2.04. The minimum absolute atomic E-state index is 0.193. The summed E-state index contributed by atoms with van der Waals surface area (Å²) in [5, 5.41) is 11.7. The number of nitrogens with zero attached hydrogens (tertiary/aromatic N) is 1. The Hall–Kier alpha value is -2.54. The largest absolute Gasteiger partial charge is 0.469 e. The summed E-state index contributed by atoms with van der Waals surface area (Å²) in [6.45, 7) is 4.45. The van der Waals surface area contributed by atoms with Crippen LogP contribution in [0.2, 0.25) is 0 Å². The van der Waals surface area contributed by atoms with E-state index in [1.165, 1.54) is 0 Å². The molecule has 0 saturated carbocycles. The Morgan fingerprint density at radius 1 is 1.35 bits per heavy atom. The minimum atomic E-state index is -0.286. The highest BCUT2D eigenvalue weighted by Gasteiger charge is 2.24. The predicted molar refractivity (Wildman–Crippen MR) is 75.2 cm³/mol. The maximum Gasteiger partial charge on any atom is 0.251 e. The number of hydrogen-bond donors (Lipinski definition) is 1. The van der Waals surface area contributed by atoms with Gasteiger partial charge in [-0.15, -0.1) is 0 Å². The highest BCUT2D eigenvalue weighted by molar-refractivity contribution is 5.94. The topological polar surface area (TPSA) is 66.0 Å². The normalized spacial score (nSPS) is 10.8. The third kappa shape index (κ3) is 3.07. The molecule has 1 N–H and O–H groups in total. The fourth-order valence-electron chi connectivity index (χ4n) is 1.88. The molecule has 4 nitrogen and oxygen atoms in total. The van der Waals surface area contributed by atoms with E-state index in [2.05, 4.69) is 5.32 Å². The lowest BCUT2D eigenvalue weighted by atomic mass is 9.90. The molecular weight excluding hydrogens is 252 g/mol. The first-order valence-electron chi connectivity index (χ1n) is 6.35. The quantitative estimate of drug-likeness (QED) is 0.927. The Morgan fingerprint density at radius 2 is 2.15 bits per heavy atom. The molecular formula is C16H16N2O2. The van der Waals surface area contributed by atoms with Crippen LogP contribution in [0.15, 0.2) is 47.1 Å². The van der Waals surface area contributed by atoms with E-state index in [1.54, 1.807) is 30.5 Å². The highest BCUT2D eigenvalue weighted by atomic mass is 16.3. The Kier molecular flexibility index (Phi) is 3.90. The van der Waals surface area contributed by atoms with E-state index in [4.69, 9.17) is 9.68 Å². The lowest BCUT2D eigenvalue weighted by Gasteiger charge is -2.22. The van der Waals surface area contributed by atoms with Crippen LogP contribution in [0, 0.1) is 11.3 Å². The Bertz CT molecular complexity index is 637. The van der Waals surface area contributed by atoms with E-state index >= 15 is 0 Å². The van der Waals surface area contributed by atoms with Crippen molar-refractivity contribution in [1.29, 1.82) is 5.26 Å². The molecule has 102 valence electrons. The van der Waals surface area contributed by atoms with Crippen molar-refractivity contribution in [3.63, 3.8) is 0 Å². The van der Waals surface area contributed by atoms with Crippen LogP contribution in [-0.4, -0.2) is 12.5 Å². The van der Waals surface area contributed by atoms with Crippen molar-refractivity contribution < 1.29 is 9.21 Å². The number of amides is 1. The number of nitrogens with one attached hydrogen (secondary N) is 1. The molecule has 1 heterocycles. The van der Waals surface area contributed by atoms with Crippen molar-refractivity contribution in [2.75, 3.05) is 6.54 Å². The van der Waals surface area contributed by atoms with E-state index < -0.39 is 0 Å². The second-order valence-electron chi connectivity index (χ2n) is 5.24. The maximum absolute atomic E-state index is 12.1. The monoisotopic (exact) mass is 268 g/mol. The highest BCUT2D eigenvalue weighted by Crippen LogP contribution is 2.22. The number of carbonyl (C=O) groups is 1. The molecule has 2 aromatic rings. The van der Waals surface area contributed by atoms with Crippen LogP contribution in [0.1, 0.15) is 35.5 Å². The second kappa shape index (κ2) is 5.62. The zero-order valence-electron chi connectivity index (χ0n) is 11.5. The second-order valence-corrected chi connectivity index (χ2v) is 5.24. The van der Waals surface area contributed by atoms with Gasteiger partial charge in [-0.25, -0.2) is 0 Å². The van der Waals surface area contributed by atoms with Gasteiger partial charge in [-0.3, -0.25) is 4.79 Å². The summed E-state index contributed by atoms with van der Waals surface area (Å²) in [4.78, 5) is 12.1. The van der Waals surface area contributed by atoms with Gasteiger partial charge in [0.15, 0.2) is 0 Å². The molecule has 20 heavy (non-hydrogen) atoms. The predicted octanol–water partition coefficient (Wildman–Crippen LogP) is 2.86. The third-order valence-electron chi connectivity index (χ3n) is 3.13. The molecule has 0 bridgehead atoms. The van der Waals surface area contributed by atoms with Crippen LogP contribution in [0.25, 0.3) is 0 Å². The van der Waals surface area contributed by atoms with Gasteiger partial charge < -0.3 is 9.73 Å². The van der Waals surface area contributed by atoms with Gasteiger partial charge in [-0.05, 0) is 30.3 Å². The van der Waals surface area contributed by atoms with Gasteiger partial charge in [0, 0.05) is 17.5 Å². The molecule has 1 aromatic heterocycles. The number of benzene rings is 1. The molecule has 0 fully saturated rings. The van der Waals surface area contributed by atoms with E-state index in [0.717, 1.165) is 5.76 Å². The van der Waals surface area contributed by atoms with Gasteiger partial charge in [0.25, 0.3) is 5.91 Å². The molecule has 4 heteroatoms. The van der Waals surface area contributed by atoms with E-state index in [-0.39, 0.29) is 11.3 Å². The zero-order valence-corrected chi connectivity index (χ0v) is 11.5. The van der Waals surface area contributed by atoms with Crippen LogP contribution in [0.3, 0.4) is 0 Å². The van der Waals surface area contributed by atoms with Crippen molar-refractivity contribution in [3.05, 3.63) is 59.5 Å². The molecule has 0 unspecified atom stereocenters. The molecule has 0 aliphatic carbocycles. The summed E-state index contributed by atoms with van der Waals surface area (Å²) in [6.07, 6.45) is 1.62. The molecule has 0 aliphatic rings. The van der Waals surface area contributed by atoms with Crippen LogP contribution < -0.4 is 5.32 Å². The van der Waals surface area contributed by atoms with Crippen molar-refractivity contribution in [1.82, 2.24) is 5.32 Å². The molecule has 2 rings (SSSR count). The summed E-state index contributed by atoms with van der Waals surface area (Å²) >= 11 is 0. The molecule has 1 amide bonds. The summed E-state index contributed by atoms with van der Waals surface area (Å²) in [6, 6.07) is 12.4. The van der Waals surface area contributed by atoms with Crippen molar-refractivity contribution in [3.8, 4) is 6.07 Å². The zero-order chi connectivity index (χ0) is 14.6. The van der Waals surface area contributed by atoms with Gasteiger partial charge in [-0.1, -0.05) is 19.9 Å². The fraction of sp³-hybridized carbons (Fsp3) is 0.250. The number of hydrogen-bond acceptors (Lipinski definition) is 3. The summed E-state index contributed by atoms with van der Waals surface area (Å²) in [7, 11) is 0. The number of furan rings is 1.